The number of non-ortho nitro benzene ring substituents is 1. The second-order valence-electron chi connectivity index (χ2n) is 4.84. The van der Waals surface area contributed by atoms with Gasteiger partial charge in [0.1, 0.15) is 12.4 Å². The van der Waals surface area contributed by atoms with Crippen molar-refractivity contribution in [3.8, 4) is 0 Å². The maximum atomic E-state index is 12.0. The van der Waals surface area contributed by atoms with Crippen LogP contribution in [0.1, 0.15) is 16.2 Å². The molecule has 7 nitrogen and oxygen atoms in total. The number of aromatic amines is 1. The van der Waals surface area contributed by atoms with Crippen molar-refractivity contribution >= 4 is 45.9 Å². The van der Waals surface area contributed by atoms with Gasteiger partial charge in [0.15, 0.2) is 0 Å². The van der Waals surface area contributed by atoms with Crippen LogP contribution in [0.4, 0.5) is 5.69 Å². The van der Waals surface area contributed by atoms with Gasteiger partial charge in [-0.25, -0.2) is 9.78 Å². The first kappa shape index (κ1) is 16.2. The Kier molecular flexibility index (Phi) is 4.37. The van der Waals surface area contributed by atoms with E-state index in [9.17, 15) is 14.9 Å². The molecule has 0 fully saturated rings. The maximum Gasteiger partial charge on any atom is 0.340 e. The fourth-order valence-electron chi connectivity index (χ4n) is 2.10. The van der Waals surface area contributed by atoms with Crippen molar-refractivity contribution < 1.29 is 14.5 Å². The first-order chi connectivity index (χ1) is 11.4. The highest BCUT2D eigenvalue weighted by Crippen LogP contribution is 2.22. The van der Waals surface area contributed by atoms with E-state index in [-0.39, 0.29) is 22.9 Å². The molecule has 0 saturated heterocycles. The molecule has 0 aliphatic rings. The zero-order valence-corrected chi connectivity index (χ0v) is 13.5. The van der Waals surface area contributed by atoms with Crippen LogP contribution in [0.2, 0.25) is 10.0 Å². The summed E-state index contributed by atoms with van der Waals surface area (Å²) in [6, 6.07) is 8.68. The predicted octanol–water partition coefficient (Wildman–Crippen LogP) is 4.13. The highest BCUT2D eigenvalue weighted by molar-refractivity contribution is 6.36. The number of nitro benzene ring substituents is 1. The number of carbonyl (C=O) groups excluding carboxylic acids is 1. The average Bonchev–Trinajstić information content (AvgIpc) is 2.94. The summed E-state index contributed by atoms with van der Waals surface area (Å²) in [6.45, 7) is -0.125. The molecule has 1 heterocycles. The number of nitrogens with zero attached hydrogens (tertiary/aromatic N) is 2. The van der Waals surface area contributed by atoms with Gasteiger partial charge in [-0.15, -0.1) is 0 Å². The summed E-state index contributed by atoms with van der Waals surface area (Å²) in [5.41, 5.74) is 1.16. The number of fused-ring (bicyclic) bond motifs is 1. The van der Waals surface area contributed by atoms with Crippen molar-refractivity contribution in [3.05, 3.63) is 67.9 Å². The van der Waals surface area contributed by atoms with E-state index in [1.807, 2.05) is 0 Å². The molecule has 24 heavy (non-hydrogen) atoms. The maximum absolute atomic E-state index is 12.0. The summed E-state index contributed by atoms with van der Waals surface area (Å²) < 4.78 is 5.15. The van der Waals surface area contributed by atoms with Crippen LogP contribution in [0.5, 0.6) is 0 Å². The van der Waals surface area contributed by atoms with Crippen LogP contribution in [0, 0.1) is 10.1 Å². The first-order valence-electron chi connectivity index (χ1n) is 6.69. The summed E-state index contributed by atoms with van der Waals surface area (Å²) in [7, 11) is 0. The quantitative estimate of drug-likeness (QED) is 0.425. The number of rotatable bonds is 4. The number of H-pyrrole nitrogens is 1. The smallest absolute Gasteiger partial charge is 0.340 e. The Bertz CT molecular complexity index is 955. The minimum Gasteiger partial charge on any atom is -0.454 e. The third-order valence-corrected chi connectivity index (χ3v) is 3.76. The Balaban J connectivity index is 1.75. The van der Waals surface area contributed by atoms with Gasteiger partial charge in [0, 0.05) is 17.2 Å². The molecule has 122 valence electrons. The number of esters is 1. The van der Waals surface area contributed by atoms with Crippen molar-refractivity contribution in [2.45, 2.75) is 6.61 Å². The monoisotopic (exact) mass is 365 g/mol. The molecule has 0 unspecified atom stereocenters. The van der Waals surface area contributed by atoms with Crippen LogP contribution in [0.15, 0.2) is 36.4 Å². The summed E-state index contributed by atoms with van der Waals surface area (Å²) in [6.07, 6.45) is 0. The Hall–Kier alpha value is -2.64. The molecule has 1 N–H and O–H groups in total. The molecule has 0 aliphatic carbocycles. The van der Waals surface area contributed by atoms with Crippen molar-refractivity contribution in [2.75, 3.05) is 0 Å². The summed E-state index contributed by atoms with van der Waals surface area (Å²) in [4.78, 5) is 29.4. The first-order valence-corrected chi connectivity index (χ1v) is 7.45. The molecule has 0 saturated carbocycles. The number of hydrogen-bond donors (Lipinski definition) is 1. The normalized spacial score (nSPS) is 10.8. The van der Waals surface area contributed by atoms with Crippen molar-refractivity contribution in [2.24, 2.45) is 0 Å². The molecule has 0 aliphatic heterocycles. The third-order valence-electron chi connectivity index (χ3n) is 3.22. The third kappa shape index (κ3) is 3.32. The zero-order valence-electron chi connectivity index (χ0n) is 12.0. The Morgan fingerprint density at radius 2 is 2.04 bits per heavy atom. The van der Waals surface area contributed by atoms with Crippen LogP contribution >= 0.6 is 23.2 Å². The van der Waals surface area contributed by atoms with E-state index in [2.05, 4.69) is 9.97 Å². The molecular formula is C15H9Cl2N3O4. The number of imidazole rings is 1. The van der Waals surface area contributed by atoms with Crippen molar-refractivity contribution in [1.82, 2.24) is 9.97 Å². The van der Waals surface area contributed by atoms with Crippen LogP contribution in [-0.4, -0.2) is 20.9 Å². The summed E-state index contributed by atoms with van der Waals surface area (Å²) >= 11 is 11.7. The van der Waals surface area contributed by atoms with E-state index in [0.29, 0.717) is 21.9 Å². The number of carbonyl (C=O) groups is 1. The lowest BCUT2D eigenvalue weighted by Gasteiger charge is -2.05. The molecule has 0 atom stereocenters. The lowest BCUT2D eigenvalue weighted by Crippen LogP contribution is -2.06. The molecule has 3 rings (SSSR count). The minimum absolute atomic E-state index is 0.0531. The van der Waals surface area contributed by atoms with Gasteiger partial charge in [-0.2, -0.15) is 0 Å². The lowest BCUT2D eigenvalue weighted by molar-refractivity contribution is -0.384. The highest BCUT2D eigenvalue weighted by atomic mass is 35.5. The van der Waals surface area contributed by atoms with Crippen LogP contribution < -0.4 is 0 Å². The van der Waals surface area contributed by atoms with Crippen molar-refractivity contribution in [1.29, 1.82) is 0 Å². The van der Waals surface area contributed by atoms with Gasteiger partial charge in [-0.3, -0.25) is 10.1 Å². The van der Waals surface area contributed by atoms with Crippen LogP contribution in [0.3, 0.4) is 0 Å². The van der Waals surface area contributed by atoms with Gasteiger partial charge < -0.3 is 9.72 Å². The van der Waals surface area contributed by atoms with Gasteiger partial charge >= 0.3 is 5.97 Å². The number of halogens is 2. The zero-order chi connectivity index (χ0) is 17.3. The highest BCUT2D eigenvalue weighted by Gasteiger charge is 2.14. The molecule has 2 aromatic carbocycles. The fourth-order valence-corrected chi connectivity index (χ4v) is 2.58. The number of ether oxygens (including phenoxy) is 1. The molecule has 0 radical (unpaired) electrons. The molecule has 3 aromatic rings. The number of benzene rings is 2. The number of hydrogen-bond acceptors (Lipinski definition) is 5. The molecular weight excluding hydrogens is 357 g/mol. The Morgan fingerprint density at radius 1 is 1.25 bits per heavy atom. The standard InChI is InChI=1S/C15H9Cl2N3O4/c16-8-1-3-10(11(17)5-8)15(21)24-7-14-18-12-4-2-9(20(22)23)6-13(12)19-14/h1-6H,7H2,(H,18,19). The van der Waals surface area contributed by atoms with Gasteiger partial charge in [-0.1, -0.05) is 23.2 Å². The van der Waals surface area contributed by atoms with Gasteiger partial charge in [-0.05, 0) is 24.3 Å². The fraction of sp³-hybridized carbons (Fsp3) is 0.0667. The van der Waals surface area contributed by atoms with Gasteiger partial charge in [0.05, 0.1) is 26.5 Å². The van der Waals surface area contributed by atoms with Crippen LogP contribution in [-0.2, 0) is 11.3 Å². The van der Waals surface area contributed by atoms with E-state index in [0.717, 1.165) is 0 Å². The molecule has 0 amide bonds. The van der Waals surface area contributed by atoms with Crippen molar-refractivity contribution in [3.63, 3.8) is 0 Å². The Morgan fingerprint density at radius 3 is 2.75 bits per heavy atom. The second kappa shape index (κ2) is 6.46. The van der Waals surface area contributed by atoms with E-state index >= 15 is 0 Å². The lowest BCUT2D eigenvalue weighted by atomic mass is 10.2. The molecule has 0 spiro atoms. The van der Waals surface area contributed by atoms with Gasteiger partial charge in [0.2, 0.25) is 0 Å². The number of nitro groups is 1. The molecule has 1 aromatic heterocycles. The molecule has 9 heteroatoms. The topological polar surface area (TPSA) is 98.1 Å². The van der Waals surface area contributed by atoms with Gasteiger partial charge in [0.25, 0.3) is 5.69 Å². The summed E-state index contributed by atoms with van der Waals surface area (Å²) in [5, 5.41) is 11.4. The van der Waals surface area contributed by atoms with E-state index < -0.39 is 10.9 Å². The Labute approximate surface area is 145 Å². The minimum atomic E-state index is -0.622. The number of aromatic nitrogens is 2. The van der Waals surface area contributed by atoms with E-state index in [1.54, 1.807) is 0 Å². The SMILES string of the molecule is O=C(OCc1nc2ccc([N+](=O)[O-])cc2[nH]1)c1ccc(Cl)cc1Cl. The number of nitrogens with one attached hydrogen (secondary N) is 1. The largest absolute Gasteiger partial charge is 0.454 e. The van der Waals surface area contributed by atoms with E-state index in [1.165, 1.54) is 36.4 Å². The molecule has 0 bridgehead atoms. The van der Waals surface area contributed by atoms with Crippen LogP contribution in [0.25, 0.3) is 11.0 Å². The summed E-state index contributed by atoms with van der Waals surface area (Å²) in [5.74, 6) is -0.257. The average molecular weight is 366 g/mol. The predicted molar refractivity (Wildman–Crippen MR) is 88.3 cm³/mol. The second-order valence-corrected chi connectivity index (χ2v) is 5.69. The van der Waals surface area contributed by atoms with E-state index in [4.69, 9.17) is 27.9 Å².